The molecule has 4 saturated heterocycles. The number of nitrogens with zero attached hydrogens (tertiary/aromatic N) is 7. The number of amides is 3. The van der Waals surface area contributed by atoms with Crippen molar-refractivity contribution in [2.45, 2.75) is 90.3 Å². The van der Waals surface area contributed by atoms with Gasteiger partial charge in [0.1, 0.15) is 30.6 Å². The number of fused-ring (bicyclic) bond motifs is 2. The van der Waals surface area contributed by atoms with E-state index in [1.807, 2.05) is 18.2 Å². The van der Waals surface area contributed by atoms with E-state index in [2.05, 4.69) is 81.7 Å². The zero-order chi connectivity index (χ0) is 49.1. The summed E-state index contributed by atoms with van der Waals surface area (Å²) in [4.78, 5) is 60.6. The van der Waals surface area contributed by atoms with Gasteiger partial charge in [-0.25, -0.2) is 9.37 Å². The van der Waals surface area contributed by atoms with Gasteiger partial charge in [0.25, 0.3) is 5.91 Å². The van der Waals surface area contributed by atoms with E-state index in [4.69, 9.17) is 9.72 Å². The Kier molecular flexibility index (Phi) is 13.2. The largest absolute Gasteiger partial charge is 0.494 e. The lowest BCUT2D eigenvalue weighted by Gasteiger charge is -2.50. The second-order valence-corrected chi connectivity index (χ2v) is 24.1. The molecule has 70 heavy (non-hydrogen) atoms. The maximum absolute atomic E-state index is 14.8. The number of methoxy groups -OCH3 is 1. The fourth-order valence-electron chi connectivity index (χ4n) is 11.5. The van der Waals surface area contributed by atoms with Gasteiger partial charge < -0.3 is 39.5 Å². The molecule has 0 radical (unpaired) electrons. The number of carbonyl (C=O) groups excluding carboxylic acids is 3. The van der Waals surface area contributed by atoms with Crippen molar-refractivity contribution in [2.24, 2.45) is 5.41 Å². The maximum atomic E-state index is 14.8. The number of ether oxygens (including phenoxy) is 1. The summed E-state index contributed by atoms with van der Waals surface area (Å²) in [6.45, 7) is 13.7. The van der Waals surface area contributed by atoms with E-state index < -0.39 is 19.0 Å². The molecular weight excluding hydrogens is 975 g/mol. The third kappa shape index (κ3) is 9.36. The third-order valence-corrected chi connectivity index (χ3v) is 17.7. The number of pyridine rings is 1. The molecule has 5 aliphatic heterocycles. The van der Waals surface area contributed by atoms with Gasteiger partial charge in [0, 0.05) is 85.1 Å². The van der Waals surface area contributed by atoms with E-state index in [9.17, 15) is 23.3 Å². The van der Waals surface area contributed by atoms with Crippen molar-refractivity contribution < 1.29 is 28.1 Å². The van der Waals surface area contributed by atoms with E-state index in [-0.39, 0.29) is 29.8 Å². The summed E-state index contributed by atoms with van der Waals surface area (Å²) in [6.07, 6.45) is 10.1. The molecule has 5 aromatic rings. The number of aromatic nitrogens is 3. The Morgan fingerprint density at radius 2 is 1.64 bits per heavy atom. The van der Waals surface area contributed by atoms with Crippen molar-refractivity contribution in [1.29, 1.82) is 0 Å². The van der Waals surface area contributed by atoms with Crippen LogP contribution >= 0.6 is 23.1 Å². The lowest BCUT2D eigenvalue weighted by Crippen LogP contribution is -2.52. The van der Waals surface area contributed by atoms with Gasteiger partial charge in [0.2, 0.25) is 17.8 Å². The number of anilines is 6. The molecule has 7 heterocycles. The lowest BCUT2D eigenvalue weighted by molar-refractivity contribution is -0.136. The van der Waals surface area contributed by atoms with Gasteiger partial charge in [-0.05, 0) is 160 Å². The number of rotatable bonds is 11. The quantitative estimate of drug-likeness (QED) is 0.0852. The highest BCUT2D eigenvalue weighted by atomic mass is 79.9. The van der Waals surface area contributed by atoms with Gasteiger partial charge >= 0.3 is 0 Å². The molecule has 5 aliphatic rings. The predicted molar refractivity (Wildman–Crippen MR) is 277 cm³/mol. The number of aryl methyl sites for hydroxylation is 2. The number of piperidine rings is 4. The van der Waals surface area contributed by atoms with Gasteiger partial charge in [-0.3, -0.25) is 24.7 Å². The zero-order valence-corrected chi connectivity index (χ0v) is 43.0. The van der Waals surface area contributed by atoms with Crippen LogP contribution in [0.2, 0.25) is 0 Å². The summed E-state index contributed by atoms with van der Waals surface area (Å²) in [7, 11) is -1.24. The zero-order valence-electron chi connectivity index (χ0n) is 40.5. The minimum atomic E-state index is -2.91. The van der Waals surface area contributed by atoms with Crippen LogP contribution in [0.15, 0.2) is 59.2 Å². The van der Waals surface area contributed by atoms with Crippen molar-refractivity contribution in [3.63, 3.8) is 0 Å². The highest BCUT2D eigenvalue weighted by Gasteiger charge is 2.41. The molecule has 3 aromatic carbocycles. The lowest BCUT2D eigenvalue weighted by atomic mass is 9.70. The number of hydrogen-bond donors (Lipinski definition) is 3. The number of carbonyl (C=O) groups is 3. The van der Waals surface area contributed by atoms with Gasteiger partial charge in [0.15, 0.2) is 0 Å². The summed E-state index contributed by atoms with van der Waals surface area (Å²) < 4.78 is 35.0. The van der Waals surface area contributed by atoms with E-state index >= 15 is 0 Å². The molecule has 0 saturated carbocycles. The molecule has 10 rings (SSSR count). The van der Waals surface area contributed by atoms with Crippen LogP contribution in [-0.4, -0.2) is 114 Å². The van der Waals surface area contributed by atoms with Gasteiger partial charge in [-0.1, -0.05) is 6.92 Å². The number of imide groups is 1. The van der Waals surface area contributed by atoms with Crippen LogP contribution in [0.5, 0.6) is 5.75 Å². The third-order valence-electron chi connectivity index (χ3n) is 15.5. The molecule has 1 spiro atoms. The Labute approximate surface area is 416 Å². The fraction of sp³-hybridized carbons (Fsp3) is 0.462. The summed E-state index contributed by atoms with van der Waals surface area (Å²) in [6, 6.07) is 15.3. The van der Waals surface area contributed by atoms with Crippen LogP contribution in [0.1, 0.15) is 85.5 Å². The van der Waals surface area contributed by atoms with E-state index in [1.54, 1.807) is 44.5 Å². The highest BCUT2D eigenvalue weighted by molar-refractivity contribution is 9.10. The topological polar surface area (TPSA) is 165 Å². The smallest absolute Gasteiger partial charge is 0.255 e. The average molecular weight is 1040 g/mol. The van der Waals surface area contributed by atoms with Crippen LogP contribution in [0.4, 0.5) is 38.9 Å². The SMILES string of the molecule is CCc1cc(Nc2ncc(Br)c(Nc3ccc4nc(C)c(F)cc4c3P(C)(C)=O)n2)c(OC)cc1N1CCC2(CC1)CCN(C1CCN(c3ccc4c(c3)CN(C3CCC(=O)NC3=O)C4=O)CC1)CC2. The Bertz CT molecular complexity index is 2940. The normalized spacial score (nSPS) is 20.0. The maximum Gasteiger partial charge on any atom is 0.255 e. The first-order valence-corrected chi connectivity index (χ1v) is 27.9. The van der Waals surface area contributed by atoms with Crippen LogP contribution in [0.25, 0.3) is 10.9 Å². The standard InChI is InChI=1S/C52H61BrFN10O5P/c1-6-32-26-42(58-51-55-29-38(53)48(60-51)57-41-10-9-40-37(47(41)70(4,5)68)27-39(54)31(2)56-40)45(69-3)28-44(32)63-23-17-52(18-24-63)15-21-62(22-16-52)34-13-19-61(20-14-34)35-7-8-36-33(25-35)30-64(50(36)67)43-11-12-46(65)59-49(43)66/h7-10,25-29,34,43H,6,11-24,30H2,1-5H3,(H,59,65,66)(H2,55,57,58,60). The Morgan fingerprint density at radius 3 is 2.34 bits per heavy atom. The first kappa shape index (κ1) is 48.0. The Balaban J connectivity index is 0.746. The molecule has 4 fully saturated rings. The second-order valence-electron chi connectivity index (χ2n) is 20.1. The Morgan fingerprint density at radius 1 is 0.900 bits per heavy atom. The minimum Gasteiger partial charge on any atom is -0.494 e. The second kappa shape index (κ2) is 19.2. The molecule has 3 N–H and O–H groups in total. The molecule has 0 bridgehead atoms. The van der Waals surface area contributed by atoms with Crippen molar-refractivity contribution in [3.05, 3.63) is 87.4 Å². The molecule has 368 valence electrons. The molecule has 2 aromatic heterocycles. The summed E-state index contributed by atoms with van der Waals surface area (Å²) in [5.74, 6) is 0.242. The molecule has 15 nitrogen and oxygen atoms in total. The van der Waals surface area contributed by atoms with Crippen molar-refractivity contribution in [3.8, 4) is 5.75 Å². The number of benzene rings is 3. The van der Waals surface area contributed by atoms with Crippen molar-refractivity contribution in [1.82, 2.24) is 30.1 Å². The number of halogens is 2. The monoisotopic (exact) mass is 1030 g/mol. The number of hydrogen-bond acceptors (Lipinski definition) is 13. The van der Waals surface area contributed by atoms with Crippen LogP contribution < -0.4 is 35.8 Å². The number of nitrogens with one attached hydrogen (secondary N) is 3. The first-order valence-electron chi connectivity index (χ1n) is 24.5. The van der Waals surface area contributed by atoms with E-state index in [0.717, 1.165) is 88.3 Å². The van der Waals surface area contributed by atoms with Gasteiger partial charge in [0.05, 0.1) is 34.2 Å². The molecule has 0 aliphatic carbocycles. The molecule has 1 unspecified atom stereocenters. The van der Waals surface area contributed by atoms with Gasteiger partial charge in [-0.2, -0.15) is 4.98 Å². The summed E-state index contributed by atoms with van der Waals surface area (Å²) in [5, 5.41) is 10.1. The van der Waals surface area contributed by atoms with E-state index in [1.165, 1.54) is 30.2 Å². The minimum absolute atomic E-state index is 0.132. The van der Waals surface area contributed by atoms with Crippen LogP contribution in [0, 0.1) is 18.2 Å². The highest BCUT2D eigenvalue weighted by Crippen LogP contribution is 2.46. The van der Waals surface area contributed by atoms with E-state index in [0.29, 0.717) is 73.9 Å². The molecular formula is C52H61BrFN10O5P. The summed E-state index contributed by atoms with van der Waals surface area (Å²) >= 11 is 3.59. The molecule has 18 heteroatoms. The van der Waals surface area contributed by atoms with Crippen molar-refractivity contribution in [2.75, 3.05) is 80.1 Å². The fourth-order valence-corrected chi connectivity index (χ4v) is 13.3. The molecule has 1 atom stereocenters. The summed E-state index contributed by atoms with van der Waals surface area (Å²) in [5.41, 5.74) is 7.64. The molecule has 3 amide bonds. The average Bonchev–Trinajstić information content (AvgIpc) is 3.67. The number of likely N-dealkylation sites (tertiary alicyclic amines) is 1. The Hall–Kier alpha value is -5.64. The van der Waals surface area contributed by atoms with Crippen LogP contribution in [0.3, 0.4) is 0 Å². The predicted octanol–water partition coefficient (Wildman–Crippen LogP) is 8.65. The van der Waals surface area contributed by atoms with Crippen molar-refractivity contribution >= 4 is 91.5 Å². The van der Waals surface area contributed by atoms with Crippen LogP contribution in [-0.2, 0) is 27.1 Å². The first-order chi connectivity index (χ1) is 33.6. The van der Waals surface area contributed by atoms with Gasteiger partial charge in [-0.15, -0.1) is 0 Å².